The summed E-state index contributed by atoms with van der Waals surface area (Å²) in [5, 5.41) is 5.56. The first-order chi connectivity index (χ1) is 22.6. The van der Waals surface area contributed by atoms with Gasteiger partial charge in [0, 0.05) is 33.8 Å². The monoisotopic (exact) mass is 592 g/mol. The summed E-state index contributed by atoms with van der Waals surface area (Å²) in [6, 6.07) is 43.8. The van der Waals surface area contributed by atoms with E-state index in [1.165, 1.54) is 10.8 Å². The fourth-order valence-electron chi connectivity index (χ4n) is 6.08. The molecule has 218 valence electrons. The Hall–Kier alpha value is -6.20. The molecule has 0 N–H and O–H groups in total. The second kappa shape index (κ2) is 11.4. The van der Waals surface area contributed by atoms with Gasteiger partial charge < -0.3 is 4.42 Å². The van der Waals surface area contributed by atoms with Gasteiger partial charge >= 0.3 is 0 Å². The highest BCUT2D eigenvalue weighted by molar-refractivity contribution is 6.03. The highest BCUT2D eigenvalue weighted by atomic mass is 16.3. The molecule has 5 nitrogen and oxygen atoms in total. The minimum atomic E-state index is 0.562. The zero-order valence-corrected chi connectivity index (χ0v) is 25.2. The van der Waals surface area contributed by atoms with Gasteiger partial charge in [0.05, 0.1) is 0 Å². The Bertz CT molecular complexity index is 2460. The fraction of sp³-hybridized carbons (Fsp3) is 0.0244. The first-order valence-electron chi connectivity index (χ1n) is 15.1. The minimum absolute atomic E-state index is 0.562. The van der Waals surface area contributed by atoms with Gasteiger partial charge in [-0.3, -0.25) is 4.99 Å². The van der Waals surface area contributed by atoms with E-state index in [1.54, 1.807) is 6.20 Å². The van der Waals surface area contributed by atoms with Crippen LogP contribution >= 0.6 is 0 Å². The van der Waals surface area contributed by atoms with Crippen molar-refractivity contribution in [1.29, 1.82) is 0 Å². The van der Waals surface area contributed by atoms with Crippen LogP contribution in [0.15, 0.2) is 143 Å². The lowest BCUT2D eigenvalue weighted by molar-refractivity contribution is 0.577. The lowest BCUT2D eigenvalue weighted by Gasteiger charge is -2.12. The van der Waals surface area contributed by atoms with Crippen molar-refractivity contribution in [2.24, 2.45) is 4.99 Å². The van der Waals surface area contributed by atoms with Gasteiger partial charge in [0.25, 0.3) is 0 Å². The van der Waals surface area contributed by atoms with Crippen molar-refractivity contribution in [1.82, 2.24) is 15.0 Å². The third-order valence-electron chi connectivity index (χ3n) is 8.36. The Kier molecular flexibility index (Phi) is 6.77. The molecular weight excluding hydrogens is 564 g/mol. The molecule has 0 saturated heterocycles. The number of hydrogen-bond acceptors (Lipinski definition) is 5. The molecule has 8 rings (SSSR count). The Morgan fingerprint density at radius 2 is 1.15 bits per heavy atom. The highest BCUT2D eigenvalue weighted by Crippen LogP contribution is 2.40. The zero-order chi connectivity index (χ0) is 31.0. The quantitative estimate of drug-likeness (QED) is 0.180. The summed E-state index contributed by atoms with van der Waals surface area (Å²) in [6.07, 6.45) is 3.61. The van der Waals surface area contributed by atoms with Crippen molar-refractivity contribution in [3.63, 3.8) is 0 Å². The highest BCUT2D eigenvalue weighted by Gasteiger charge is 2.21. The van der Waals surface area contributed by atoms with Gasteiger partial charge in [-0.15, -0.1) is 0 Å². The van der Waals surface area contributed by atoms with Crippen LogP contribution in [0.25, 0.3) is 83.9 Å². The Balaban J connectivity index is 1.41. The zero-order valence-electron chi connectivity index (χ0n) is 25.2. The molecule has 6 aromatic carbocycles. The van der Waals surface area contributed by atoms with Crippen LogP contribution < -0.4 is 0 Å². The molecule has 0 saturated carbocycles. The van der Waals surface area contributed by atoms with Crippen molar-refractivity contribution >= 4 is 45.3 Å². The van der Waals surface area contributed by atoms with Crippen LogP contribution in [0.3, 0.4) is 0 Å². The van der Waals surface area contributed by atoms with Crippen molar-refractivity contribution in [3.05, 3.63) is 145 Å². The van der Waals surface area contributed by atoms with Crippen molar-refractivity contribution in [2.75, 3.05) is 0 Å². The molecule has 0 amide bonds. The number of aromatic nitrogens is 3. The average Bonchev–Trinajstić information content (AvgIpc) is 3.44. The van der Waals surface area contributed by atoms with Gasteiger partial charge in [-0.25, -0.2) is 15.0 Å². The number of fused-ring (bicyclic) bond motifs is 3. The van der Waals surface area contributed by atoms with Gasteiger partial charge in [-0.1, -0.05) is 103 Å². The number of benzene rings is 6. The smallest absolute Gasteiger partial charge is 0.164 e. The summed E-state index contributed by atoms with van der Waals surface area (Å²) in [7, 11) is 0. The molecule has 0 aliphatic heterocycles. The van der Waals surface area contributed by atoms with E-state index in [2.05, 4.69) is 96.6 Å². The molecule has 0 bridgehead atoms. The average molecular weight is 593 g/mol. The SMILES string of the molecule is C=N/C=C\c1c(C)oc2cc(-c3ccc4ccccc4c3)cc(-c3nc(-c4ccccc4)nc(-c4ccc5ccccc5c4)n3)c12. The summed E-state index contributed by atoms with van der Waals surface area (Å²) in [6.45, 7) is 5.60. The molecule has 0 fully saturated rings. The van der Waals surface area contributed by atoms with Crippen molar-refractivity contribution < 1.29 is 4.42 Å². The predicted molar refractivity (Wildman–Crippen MR) is 190 cm³/mol. The van der Waals surface area contributed by atoms with E-state index in [-0.39, 0.29) is 0 Å². The molecular formula is C41H28N4O. The molecule has 0 atom stereocenters. The second-order valence-electron chi connectivity index (χ2n) is 11.3. The van der Waals surface area contributed by atoms with Gasteiger partial charge in [-0.05, 0) is 76.7 Å². The molecule has 0 unspecified atom stereocenters. The molecule has 5 heteroatoms. The molecule has 0 spiro atoms. The maximum absolute atomic E-state index is 6.40. The fourth-order valence-corrected chi connectivity index (χ4v) is 6.08. The number of nitrogens with zero attached hydrogens (tertiary/aromatic N) is 4. The third-order valence-corrected chi connectivity index (χ3v) is 8.36. The van der Waals surface area contributed by atoms with Crippen LogP contribution in [0.4, 0.5) is 0 Å². The van der Waals surface area contributed by atoms with Crippen LogP contribution in [0, 0.1) is 6.92 Å². The lowest BCUT2D eigenvalue weighted by atomic mass is 9.96. The molecule has 0 radical (unpaired) electrons. The predicted octanol–water partition coefficient (Wildman–Crippen LogP) is 10.6. The van der Waals surface area contributed by atoms with E-state index < -0.39 is 0 Å². The summed E-state index contributed by atoms with van der Waals surface area (Å²) < 4.78 is 6.40. The topological polar surface area (TPSA) is 64.2 Å². The van der Waals surface area contributed by atoms with Crippen LogP contribution in [-0.2, 0) is 0 Å². The second-order valence-corrected chi connectivity index (χ2v) is 11.3. The standard InChI is InChI=1S/C41H28N4O/c1-26-35(20-21-42-2)38-36(24-34(25-37(38)46-26)32-18-16-27-10-6-8-14-30(27)22-32)41-44-39(29-12-4-3-5-13-29)43-40(45-41)33-19-17-28-11-7-9-15-31(28)23-33/h3-25H,2H2,1H3/b21-20-. The van der Waals surface area contributed by atoms with E-state index in [4.69, 9.17) is 19.4 Å². The normalized spacial score (nSPS) is 11.6. The number of rotatable bonds is 6. The number of hydrogen-bond donors (Lipinski definition) is 0. The van der Waals surface area contributed by atoms with E-state index in [1.807, 2.05) is 55.5 Å². The molecule has 8 aromatic rings. The Morgan fingerprint density at radius 3 is 1.85 bits per heavy atom. The number of furan rings is 1. The van der Waals surface area contributed by atoms with E-state index >= 15 is 0 Å². The Labute approximate surface area is 266 Å². The van der Waals surface area contributed by atoms with E-state index in [9.17, 15) is 0 Å². The lowest BCUT2D eigenvalue weighted by Crippen LogP contribution is -2.01. The third kappa shape index (κ3) is 4.94. The van der Waals surface area contributed by atoms with Crippen molar-refractivity contribution in [3.8, 4) is 45.3 Å². The molecule has 46 heavy (non-hydrogen) atoms. The van der Waals surface area contributed by atoms with Gasteiger partial charge in [0.15, 0.2) is 17.5 Å². The van der Waals surface area contributed by atoms with E-state index in [0.29, 0.717) is 17.5 Å². The Morgan fingerprint density at radius 1 is 0.565 bits per heavy atom. The maximum Gasteiger partial charge on any atom is 0.164 e. The van der Waals surface area contributed by atoms with E-state index in [0.717, 1.165) is 60.9 Å². The molecule has 0 aliphatic carbocycles. The molecule has 0 aliphatic rings. The van der Waals surface area contributed by atoms with Gasteiger partial charge in [0.1, 0.15) is 11.3 Å². The minimum Gasteiger partial charge on any atom is -0.461 e. The first-order valence-corrected chi connectivity index (χ1v) is 15.1. The summed E-state index contributed by atoms with van der Waals surface area (Å²) in [5.41, 5.74) is 6.42. The van der Waals surface area contributed by atoms with Crippen molar-refractivity contribution in [2.45, 2.75) is 6.92 Å². The van der Waals surface area contributed by atoms with Crippen LogP contribution in [0.1, 0.15) is 11.3 Å². The largest absolute Gasteiger partial charge is 0.461 e. The van der Waals surface area contributed by atoms with Crippen LogP contribution in [0.5, 0.6) is 0 Å². The number of aliphatic imine (C=N–C) groups is 1. The van der Waals surface area contributed by atoms with Crippen LogP contribution in [0.2, 0.25) is 0 Å². The number of aryl methyl sites for hydroxylation is 1. The molecule has 2 aromatic heterocycles. The summed E-state index contributed by atoms with van der Waals surface area (Å²) >= 11 is 0. The van der Waals surface area contributed by atoms with Gasteiger partial charge in [0.2, 0.25) is 0 Å². The summed E-state index contributed by atoms with van der Waals surface area (Å²) in [5.74, 6) is 2.54. The first kappa shape index (κ1) is 27.4. The maximum atomic E-state index is 6.40. The van der Waals surface area contributed by atoms with Crippen LogP contribution in [-0.4, -0.2) is 21.7 Å². The summed E-state index contributed by atoms with van der Waals surface area (Å²) in [4.78, 5) is 19.2. The van der Waals surface area contributed by atoms with Gasteiger partial charge in [-0.2, -0.15) is 0 Å². The molecule has 2 heterocycles.